The second-order valence-electron chi connectivity index (χ2n) is 4.16. The van der Waals surface area contributed by atoms with Crippen molar-refractivity contribution in [2.75, 3.05) is 12.9 Å². The van der Waals surface area contributed by atoms with Crippen molar-refractivity contribution in [1.29, 1.82) is 5.26 Å². The first-order chi connectivity index (χ1) is 8.92. The fourth-order valence-corrected chi connectivity index (χ4v) is 2.24. The van der Waals surface area contributed by atoms with Crippen LogP contribution in [-0.2, 0) is 20.3 Å². The molecule has 0 bridgehead atoms. The molecule has 0 amide bonds. The molecule has 0 fully saturated rings. The van der Waals surface area contributed by atoms with Gasteiger partial charge in [-0.15, -0.1) is 0 Å². The summed E-state index contributed by atoms with van der Waals surface area (Å²) in [5, 5.41) is 8.33. The highest BCUT2D eigenvalue weighted by Gasteiger charge is 2.08. The number of carbonyl (C=O) groups is 1. The normalized spacial score (nSPS) is 10.7. The maximum Gasteiger partial charge on any atom is 0.338 e. The van der Waals surface area contributed by atoms with Gasteiger partial charge in [-0.05, 0) is 24.1 Å². The average Bonchev–Trinajstić information content (AvgIpc) is 2.33. The van der Waals surface area contributed by atoms with Crippen molar-refractivity contribution in [3.05, 3.63) is 35.4 Å². The third kappa shape index (κ3) is 6.02. The van der Waals surface area contributed by atoms with Gasteiger partial charge in [0.1, 0.15) is 0 Å². The molecule has 102 valence electrons. The molecule has 0 heterocycles. The fourth-order valence-electron chi connectivity index (χ4n) is 1.44. The van der Waals surface area contributed by atoms with Crippen molar-refractivity contribution in [2.45, 2.75) is 18.6 Å². The van der Waals surface area contributed by atoms with Crippen LogP contribution in [0, 0.1) is 11.3 Å². The van der Waals surface area contributed by atoms with Gasteiger partial charge in [0.05, 0.1) is 24.0 Å². The molecular weight excluding hydrogens is 266 g/mol. The number of hydrogen-bond donors (Lipinski definition) is 0. The van der Waals surface area contributed by atoms with Crippen LogP contribution < -0.4 is 0 Å². The third-order valence-corrected chi connectivity index (χ3v) is 3.14. The molecule has 19 heavy (non-hydrogen) atoms. The number of benzene rings is 1. The molecule has 0 radical (unpaired) electrons. The molecule has 0 N–H and O–H groups in total. The number of nitrogens with zero attached hydrogens (tertiary/aromatic N) is 1. The molecule has 0 aliphatic rings. The van der Waals surface area contributed by atoms with Crippen LogP contribution in [0.25, 0.3) is 0 Å². The van der Waals surface area contributed by atoms with Gasteiger partial charge in [-0.1, -0.05) is 12.1 Å². The summed E-state index contributed by atoms with van der Waals surface area (Å²) in [6.07, 6.45) is 2.01. The van der Waals surface area contributed by atoms with E-state index in [1.54, 1.807) is 12.1 Å². The lowest BCUT2D eigenvalue weighted by molar-refractivity contribution is 0.0501. The van der Waals surface area contributed by atoms with E-state index in [1.165, 1.54) is 12.1 Å². The maximum atomic E-state index is 11.6. The molecule has 0 spiro atoms. The van der Waals surface area contributed by atoms with E-state index in [0.29, 0.717) is 24.0 Å². The summed E-state index contributed by atoms with van der Waals surface area (Å²) in [4.78, 5) is 11.6. The van der Waals surface area contributed by atoms with Crippen molar-refractivity contribution in [1.82, 2.24) is 0 Å². The quantitative estimate of drug-likeness (QED) is 0.585. The first-order valence-electron chi connectivity index (χ1n) is 5.73. The van der Waals surface area contributed by atoms with Crippen molar-refractivity contribution >= 4 is 15.8 Å². The number of rotatable bonds is 6. The second kappa shape index (κ2) is 6.90. The SMILES string of the molecule is CS(=O)(=O)Cc1ccc(C(=O)OCCCC#N)cc1. The molecule has 5 nitrogen and oxygen atoms in total. The van der Waals surface area contributed by atoms with E-state index in [2.05, 4.69) is 0 Å². The van der Waals surface area contributed by atoms with Gasteiger partial charge < -0.3 is 4.74 Å². The molecule has 0 unspecified atom stereocenters. The van der Waals surface area contributed by atoms with E-state index < -0.39 is 15.8 Å². The van der Waals surface area contributed by atoms with Crippen molar-refractivity contribution in [3.8, 4) is 6.07 Å². The molecule has 0 saturated heterocycles. The minimum atomic E-state index is -3.08. The van der Waals surface area contributed by atoms with E-state index in [4.69, 9.17) is 10.00 Å². The Balaban J connectivity index is 2.56. The smallest absolute Gasteiger partial charge is 0.338 e. The van der Waals surface area contributed by atoms with E-state index in [9.17, 15) is 13.2 Å². The Morgan fingerprint density at radius 1 is 1.32 bits per heavy atom. The van der Waals surface area contributed by atoms with Gasteiger partial charge in [0.15, 0.2) is 9.84 Å². The molecule has 1 aromatic rings. The topological polar surface area (TPSA) is 84.2 Å². The minimum absolute atomic E-state index is 0.0511. The summed E-state index contributed by atoms with van der Waals surface area (Å²) in [6, 6.07) is 8.21. The number of hydrogen-bond acceptors (Lipinski definition) is 5. The number of carbonyl (C=O) groups excluding carboxylic acids is 1. The molecule has 6 heteroatoms. The van der Waals surface area contributed by atoms with E-state index in [1.807, 2.05) is 6.07 Å². The van der Waals surface area contributed by atoms with Gasteiger partial charge in [-0.2, -0.15) is 5.26 Å². The first kappa shape index (κ1) is 15.2. The van der Waals surface area contributed by atoms with Crippen LogP contribution in [0.15, 0.2) is 24.3 Å². The second-order valence-corrected chi connectivity index (χ2v) is 6.30. The Morgan fingerprint density at radius 2 is 1.95 bits per heavy atom. The van der Waals surface area contributed by atoms with Crippen LogP contribution in [0.4, 0.5) is 0 Å². The average molecular weight is 281 g/mol. The van der Waals surface area contributed by atoms with Crippen LogP contribution in [0.5, 0.6) is 0 Å². The lowest BCUT2D eigenvalue weighted by Crippen LogP contribution is -2.07. The lowest BCUT2D eigenvalue weighted by Gasteiger charge is -2.04. The Kier molecular flexibility index (Phi) is 5.52. The summed E-state index contributed by atoms with van der Waals surface area (Å²) in [5.41, 5.74) is 0.998. The number of esters is 1. The van der Waals surface area contributed by atoms with Gasteiger partial charge >= 0.3 is 5.97 Å². The van der Waals surface area contributed by atoms with Crippen LogP contribution in [0.2, 0.25) is 0 Å². The lowest BCUT2D eigenvalue weighted by atomic mass is 10.1. The van der Waals surface area contributed by atoms with E-state index >= 15 is 0 Å². The predicted molar refractivity (Wildman–Crippen MR) is 70.1 cm³/mol. The van der Waals surface area contributed by atoms with E-state index in [-0.39, 0.29) is 12.4 Å². The Hall–Kier alpha value is -1.87. The Bertz CT molecular complexity index is 570. The van der Waals surface area contributed by atoms with E-state index in [0.717, 1.165) is 6.26 Å². The molecule has 0 aliphatic heterocycles. The van der Waals surface area contributed by atoms with Gasteiger partial charge in [-0.3, -0.25) is 0 Å². The van der Waals surface area contributed by atoms with Crippen LogP contribution >= 0.6 is 0 Å². The monoisotopic (exact) mass is 281 g/mol. The molecule has 1 aromatic carbocycles. The predicted octanol–water partition coefficient (Wildman–Crippen LogP) is 1.69. The summed E-state index contributed by atoms with van der Waals surface area (Å²) in [5.74, 6) is -0.520. The molecule has 1 rings (SSSR count). The summed E-state index contributed by atoms with van der Waals surface area (Å²) in [7, 11) is -3.08. The highest BCUT2D eigenvalue weighted by atomic mass is 32.2. The number of ether oxygens (including phenoxy) is 1. The third-order valence-electron chi connectivity index (χ3n) is 2.28. The molecule has 0 aliphatic carbocycles. The highest BCUT2D eigenvalue weighted by Crippen LogP contribution is 2.09. The van der Waals surface area contributed by atoms with Gasteiger partial charge in [0.25, 0.3) is 0 Å². The highest BCUT2D eigenvalue weighted by molar-refractivity contribution is 7.89. The van der Waals surface area contributed by atoms with Gasteiger partial charge in [0.2, 0.25) is 0 Å². The largest absolute Gasteiger partial charge is 0.462 e. The van der Waals surface area contributed by atoms with Crippen LogP contribution in [-0.4, -0.2) is 27.2 Å². The Labute approximate surface area is 112 Å². The number of sulfone groups is 1. The van der Waals surface area contributed by atoms with Gasteiger partial charge in [0, 0.05) is 12.7 Å². The van der Waals surface area contributed by atoms with Crippen LogP contribution in [0.1, 0.15) is 28.8 Å². The molecule has 0 saturated carbocycles. The summed E-state index contributed by atoms with van der Waals surface area (Å²) >= 11 is 0. The number of unbranched alkanes of at least 4 members (excludes halogenated alkanes) is 1. The summed E-state index contributed by atoms with van der Waals surface area (Å²) in [6.45, 7) is 0.206. The zero-order valence-corrected chi connectivity index (χ0v) is 11.4. The number of nitriles is 1. The standard InChI is InChI=1S/C13H15NO4S/c1-19(16,17)10-11-4-6-12(7-5-11)13(15)18-9-3-2-8-14/h4-7H,2-3,9-10H2,1H3. The maximum absolute atomic E-state index is 11.6. The molecule has 0 atom stereocenters. The molecule has 0 aromatic heterocycles. The van der Waals surface area contributed by atoms with Crippen molar-refractivity contribution in [3.63, 3.8) is 0 Å². The zero-order chi connectivity index (χ0) is 14.3. The van der Waals surface area contributed by atoms with Crippen LogP contribution in [0.3, 0.4) is 0 Å². The van der Waals surface area contributed by atoms with Crippen molar-refractivity contribution < 1.29 is 17.9 Å². The van der Waals surface area contributed by atoms with Crippen molar-refractivity contribution in [2.24, 2.45) is 0 Å². The fraction of sp³-hybridized carbons (Fsp3) is 0.385. The zero-order valence-electron chi connectivity index (χ0n) is 10.6. The first-order valence-corrected chi connectivity index (χ1v) is 7.79. The Morgan fingerprint density at radius 3 is 2.47 bits per heavy atom. The molecular formula is C13H15NO4S. The minimum Gasteiger partial charge on any atom is -0.462 e. The van der Waals surface area contributed by atoms with Gasteiger partial charge in [-0.25, -0.2) is 13.2 Å². The summed E-state index contributed by atoms with van der Waals surface area (Å²) < 4.78 is 27.2.